The Labute approximate surface area is 138 Å². The summed E-state index contributed by atoms with van der Waals surface area (Å²) in [5, 5.41) is 3.45. The Hall–Kier alpha value is -1.35. The highest BCUT2D eigenvalue weighted by molar-refractivity contribution is 5.84. The lowest BCUT2D eigenvalue weighted by atomic mass is 9.91. The lowest BCUT2D eigenvalue weighted by molar-refractivity contribution is -0.137. The van der Waals surface area contributed by atoms with Gasteiger partial charge in [0.2, 0.25) is 5.91 Å². The van der Waals surface area contributed by atoms with E-state index in [0.29, 0.717) is 29.3 Å². The van der Waals surface area contributed by atoms with Gasteiger partial charge in [0.15, 0.2) is 0 Å². The minimum Gasteiger partial charge on any atom is -0.332 e. The first-order chi connectivity index (χ1) is 11.3. The Morgan fingerprint density at radius 1 is 1.13 bits per heavy atom. The molecule has 3 aliphatic carbocycles. The van der Waals surface area contributed by atoms with E-state index >= 15 is 0 Å². The second kappa shape index (κ2) is 5.07. The lowest BCUT2D eigenvalue weighted by Crippen LogP contribution is -2.39. The minimum absolute atomic E-state index is 0.318. The number of carbonyl (C=O) groups excluding carboxylic acids is 1. The smallest absolute Gasteiger partial charge is 0.227 e. The van der Waals surface area contributed by atoms with Crippen molar-refractivity contribution in [2.45, 2.75) is 57.0 Å². The molecule has 2 atom stereocenters. The molecular weight excluding hydrogens is 284 g/mol. The molecule has 0 bridgehead atoms. The molecule has 23 heavy (non-hydrogen) atoms. The van der Waals surface area contributed by atoms with Gasteiger partial charge in [0.1, 0.15) is 0 Å². The van der Waals surface area contributed by atoms with Gasteiger partial charge >= 0.3 is 0 Å². The molecule has 3 fully saturated rings. The summed E-state index contributed by atoms with van der Waals surface area (Å²) in [5.41, 5.74) is 3.24. The summed E-state index contributed by atoms with van der Waals surface area (Å²) in [6, 6.07) is 9.65. The van der Waals surface area contributed by atoms with Crippen LogP contribution in [0.25, 0.3) is 0 Å². The van der Waals surface area contributed by atoms with Crippen molar-refractivity contribution in [2.24, 2.45) is 11.3 Å². The highest BCUT2D eigenvalue weighted by atomic mass is 16.2. The predicted octanol–water partition coefficient (Wildman–Crippen LogP) is 3.05. The third-order valence-electron chi connectivity index (χ3n) is 6.72. The zero-order valence-corrected chi connectivity index (χ0v) is 13.8. The molecule has 1 spiro atoms. The standard InChI is InChI=1S/C20H26N2O/c23-19(17-13-20(17)9-11-21-12-10-20)22(15-6-7-15)18-8-5-14-3-1-2-4-16(14)18/h1-4,15,17-18,21H,5-13H2. The number of rotatable bonds is 3. The van der Waals surface area contributed by atoms with Crippen molar-refractivity contribution in [3.8, 4) is 0 Å². The van der Waals surface area contributed by atoms with Crippen molar-refractivity contribution in [1.82, 2.24) is 10.2 Å². The Morgan fingerprint density at radius 3 is 2.70 bits per heavy atom. The van der Waals surface area contributed by atoms with E-state index in [0.717, 1.165) is 32.4 Å². The van der Waals surface area contributed by atoms with E-state index in [1.54, 1.807) is 0 Å². The number of fused-ring (bicyclic) bond motifs is 1. The molecular formula is C20H26N2O. The van der Waals surface area contributed by atoms with Gasteiger partial charge in [-0.2, -0.15) is 0 Å². The molecule has 1 N–H and O–H groups in total. The Kier molecular flexibility index (Phi) is 3.09. The molecule has 1 aromatic carbocycles. The first kappa shape index (κ1) is 14.0. The van der Waals surface area contributed by atoms with Crippen molar-refractivity contribution < 1.29 is 4.79 Å². The van der Waals surface area contributed by atoms with Crippen LogP contribution in [0, 0.1) is 11.3 Å². The zero-order valence-electron chi connectivity index (χ0n) is 13.8. The highest BCUT2D eigenvalue weighted by Crippen LogP contribution is 2.60. The Bertz CT molecular complexity index is 630. The molecule has 2 unspecified atom stereocenters. The molecule has 1 amide bonds. The van der Waals surface area contributed by atoms with Crippen molar-refractivity contribution in [2.75, 3.05) is 13.1 Å². The maximum absolute atomic E-state index is 13.4. The van der Waals surface area contributed by atoms with E-state index in [1.807, 2.05) is 0 Å². The lowest BCUT2D eigenvalue weighted by Gasteiger charge is -2.32. The normalized spacial score (nSPS) is 31.0. The van der Waals surface area contributed by atoms with Crippen LogP contribution < -0.4 is 5.32 Å². The quantitative estimate of drug-likeness (QED) is 0.930. The molecule has 1 aliphatic heterocycles. The van der Waals surface area contributed by atoms with Gasteiger partial charge in [-0.3, -0.25) is 4.79 Å². The van der Waals surface area contributed by atoms with Crippen LogP contribution in [0.1, 0.15) is 55.7 Å². The second-order valence-electron chi connectivity index (χ2n) is 8.10. The number of aryl methyl sites for hydroxylation is 1. The van der Waals surface area contributed by atoms with Crippen LogP contribution in [0.5, 0.6) is 0 Å². The Morgan fingerprint density at radius 2 is 1.91 bits per heavy atom. The molecule has 1 heterocycles. The number of hydrogen-bond acceptors (Lipinski definition) is 2. The zero-order chi connectivity index (χ0) is 15.4. The van der Waals surface area contributed by atoms with E-state index < -0.39 is 0 Å². The van der Waals surface area contributed by atoms with Gasteiger partial charge in [0, 0.05) is 12.0 Å². The summed E-state index contributed by atoms with van der Waals surface area (Å²) in [6.45, 7) is 2.19. The highest BCUT2D eigenvalue weighted by Gasteiger charge is 2.60. The third-order valence-corrected chi connectivity index (χ3v) is 6.72. The average molecular weight is 310 g/mol. The molecule has 5 rings (SSSR count). The van der Waals surface area contributed by atoms with Crippen molar-refractivity contribution in [1.29, 1.82) is 0 Å². The number of nitrogens with zero attached hydrogens (tertiary/aromatic N) is 1. The number of hydrogen-bond donors (Lipinski definition) is 1. The van der Waals surface area contributed by atoms with Crippen LogP contribution in [0.2, 0.25) is 0 Å². The summed E-state index contributed by atoms with van der Waals surface area (Å²) in [7, 11) is 0. The van der Waals surface area contributed by atoms with Crippen LogP contribution in [-0.2, 0) is 11.2 Å². The topological polar surface area (TPSA) is 32.3 Å². The van der Waals surface area contributed by atoms with E-state index in [9.17, 15) is 4.79 Å². The predicted molar refractivity (Wildman–Crippen MR) is 90.0 cm³/mol. The molecule has 1 aromatic rings. The molecule has 0 aromatic heterocycles. The number of nitrogens with one attached hydrogen (secondary N) is 1. The fourth-order valence-corrected chi connectivity index (χ4v) is 5.12. The van der Waals surface area contributed by atoms with Crippen LogP contribution >= 0.6 is 0 Å². The minimum atomic E-state index is 0.318. The molecule has 2 saturated carbocycles. The fraction of sp³-hybridized carbons (Fsp3) is 0.650. The van der Waals surface area contributed by atoms with E-state index in [4.69, 9.17) is 0 Å². The van der Waals surface area contributed by atoms with Crippen LogP contribution in [0.15, 0.2) is 24.3 Å². The van der Waals surface area contributed by atoms with Crippen LogP contribution in [0.4, 0.5) is 0 Å². The van der Waals surface area contributed by atoms with Crippen LogP contribution in [0.3, 0.4) is 0 Å². The summed E-state index contributed by atoms with van der Waals surface area (Å²) in [5.74, 6) is 0.800. The number of piperidine rings is 1. The summed E-state index contributed by atoms with van der Waals surface area (Å²) >= 11 is 0. The molecule has 0 radical (unpaired) electrons. The second-order valence-corrected chi connectivity index (χ2v) is 8.10. The van der Waals surface area contributed by atoms with E-state index in [1.165, 1.54) is 36.8 Å². The number of benzene rings is 1. The van der Waals surface area contributed by atoms with Crippen molar-refractivity contribution in [3.63, 3.8) is 0 Å². The molecule has 122 valence electrons. The monoisotopic (exact) mass is 310 g/mol. The SMILES string of the molecule is O=C(C1CC12CCNCC2)N(C1CC1)C1CCc2ccccc21. The fourth-order valence-electron chi connectivity index (χ4n) is 5.12. The van der Waals surface area contributed by atoms with Gasteiger partial charge < -0.3 is 10.2 Å². The first-order valence-corrected chi connectivity index (χ1v) is 9.39. The van der Waals surface area contributed by atoms with Gasteiger partial charge in [0.05, 0.1) is 6.04 Å². The van der Waals surface area contributed by atoms with Gasteiger partial charge in [0.25, 0.3) is 0 Å². The number of carbonyl (C=O) groups is 1. The maximum Gasteiger partial charge on any atom is 0.227 e. The number of amides is 1. The van der Waals surface area contributed by atoms with Gasteiger partial charge in [-0.05, 0) is 74.6 Å². The summed E-state index contributed by atoms with van der Waals surface area (Å²) in [4.78, 5) is 15.7. The summed E-state index contributed by atoms with van der Waals surface area (Å²) < 4.78 is 0. The van der Waals surface area contributed by atoms with E-state index in [2.05, 4.69) is 34.5 Å². The van der Waals surface area contributed by atoms with E-state index in [-0.39, 0.29) is 0 Å². The first-order valence-electron chi connectivity index (χ1n) is 9.39. The largest absolute Gasteiger partial charge is 0.332 e. The average Bonchev–Trinajstić information content (AvgIpc) is 3.49. The van der Waals surface area contributed by atoms with Crippen molar-refractivity contribution >= 4 is 5.91 Å². The summed E-state index contributed by atoms with van der Waals surface area (Å²) in [6.07, 6.45) is 8.23. The van der Waals surface area contributed by atoms with Crippen LogP contribution in [-0.4, -0.2) is 29.9 Å². The maximum atomic E-state index is 13.4. The Balaban J connectivity index is 1.40. The van der Waals surface area contributed by atoms with Gasteiger partial charge in [-0.25, -0.2) is 0 Å². The molecule has 3 heteroatoms. The molecule has 3 nitrogen and oxygen atoms in total. The van der Waals surface area contributed by atoms with Gasteiger partial charge in [-0.15, -0.1) is 0 Å². The molecule has 1 saturated heterocycles. The third kappa shape index (κ3) is 2.24. The van der Waals surface area contributed by atoms with Gasteiger partial charge in [-0.1, -0.05) is 24.3 Å². The van der Waals surface area contributed by atoms with Crippen molar-refractivity contribution in [3.05, 3.63) is 35.4 Å². The molecule has 4 aliphatic rings.